The van der Waals surface area contributed by atoms with E-state index in [0.29, 0.717) is 0 Å². The third kappa shape index (κ3) is 17.7. The summed E-state index contributed by atoms with van der Waals surface area (Å²) in [5.74, 6) is 0. The first-order valence-electron chi connectivity index (χ1n) is 3.41. The SMILES string of the molecule is CCCCCCC.N.[Ag]. The molecule has 63 valence electrons. The zero-order valence-electron chi connectivity index (χ0n) is 6.54. The molecule has 0 spiro atoms. The monoisotopic (exact) mass is 224 g/mol. The third-order valence-corrected chi connectivity index (χ3v) is 1.21. The number of hydrogen-bond acceptors (Lipinski definition) is 1. The van der Waals surface area contributed by atoms with E-state index in [4.69, 9.17) is 0 Å². The fourth-order valence-electron chi connectivity index (χ4n) is 0.677. The summed E-state index contributed by atoms with van der Waals surface area (Å²) in [5.41, 5.74) is 0. The van der Waals surface area contributed by atoms with Crippen molar-refractivity contribution in [3.8, 4) is 0 Å². The van der Waals surface area contributed by atoms with E-state index < -0.39 is 0 Å². The van der Waals surface area contributed by atoms with Crippen molar-refractivity contribution < 1.29 is 22.4 Å². The maximum Gasteiger partial charge on any atom is 0 e. The minimum absolute atomic E-state index is 0. The predicted molar refractivity (Wildman–Crippen MR) is 39.5 cm³/mol. The van der Waals surface area contributed by atoms with E-state index in [0.717, 1.165) is 0 Å². The van der Waals surface area contributed by atoms with Gasteiger partial charge in [0.1, 0.15) is 0 Å². The van der Waals surface area contributed by atoms with Gasteiger partial charge in [-0.05, 0) is 0 Å². The Morgan fingerprint density at radius 2 is 1.11 bits per heavy atom. The molecule has 0 fully saturated rings. The molecule has 0 atom stereocenters. The summed E-state index contributed by atoms with van der Waals surface area (Å²) in [6.07, 6.45) is 7.01. The van der Waals surface area contributed by atoms with Crippen molar-refractivity contribution >= 4 is 0 Å². The molecule has 0 aliphatic carbocycles. The molecule has 0 heterocycles. The first-order valence-corrected chi connectivity index (χ1v) is 3.41. The molecule has 0 saturated carbocycles. The van der Waals surface area contributed by atoms with Gasteiger partial charge in [0.15, 0.2) is 0 Å². The van der Waals surface area contributed by atoms with E-state index in [9.17, 15) is 0 Å². The molecule has 0 saturated heterocycles. The summed E-state index contributed by atoms with van der Waals surface area (Å²) in [5, 5.41) is 0. The van der Waals surface area contributed by atoms with Crippen LogP contribution in [0, 0.1) is 0 Å². The number of unbranched alkanes of at least 4 members (excludes halogenated alkanes) is 4. The van der Waals surface area contributed by atoms with Crippen LogP contribution in [0.5, 0.6) is 0 Å². The zero-order chi connectivity index (χ0) is 5.54. The first kappa shape index (κ1) is 16.4. The van der Waals surface area contributed by atoms with Crippen LogP contribution in [0.2, 0.25) is 0 Å². The molecule has 0 aromatic carbocycles. The Labute approximate surface area is 74.7 Å². The molecule has 0 aromatic rings. The Kier molecular flexibility index (Phi) is 28.9. The maximum absolute atomic E-state index is 2.25. The minimum Gasteiger partial charge on any atom is -0.344 e. The van der Waals surface area contributed by atoms with Crippen LogP contribution in [0.15, 0.2) is 0 Å². The predicted octanol–water partition coefficient (Wildman–Crippen LogP) is 3.14. The van der Waals surface area contributed by atoms with Gasteiger partial charge in [0.25, 0.3) is 0 Å². The second-order valence-corrected chi connectivity index (χ2v) is 2.06. The molecular formula is C7H19AgN. The molecule has 3 N–H and O–H groups in total. The Morgan fingerprint density at radius 1 is 0.778 bits per heavy atom. The van der Waals surface area contributed by atoms with Crippen LogP contribution in [0.3, 0.4) is 0 Å². The average Bonchev–Trinajstić information content (AvgIpc) is 1.69. The van der Waals surface area contributed by atoms with Gasteiger partial charge >= 0.3 is 0 Å². The zero-order valence-corrected chi connectivity index (χ0v) is 8.03. The molecule has 2 heteroatoms. The minimum atomic E-state index is 0. The number of rotatable bonds is 4. The summed E-state index contributed by atoms with van der Waals surface area (Å²) in [6.45, 7) is 4.49. The van der Waals surface area contributed by atoms with Gasteiger partial charge in [-0.25, -0.2) is 0 Å². The van der Waals surface area contributed by atoms with Crippen molar-refractivity contribution in [2.75, 3.05) is 0 Å². The van der Waals surface area contributed by atoms with Gasteiger partial charge in [0.2, 0.25) is 0 Å². The molecule has 0 aromatic heterocycles. The normalized spacial score (nSPS) is 7.33. The molecule has 0 unspecified atom stereocenters. The maximum atomic E-state index is 2.25. The largest absolute Gasteiger partial charge is 0.344 e. The summed E-state index contributed by atoms with van der Waals surface area (Å²) in [6, 6.07) is 0. The van der Waals surface area contributed by atoms with E-state index in [1.54, 1.807) is 0 Å². The van der Waals surface area contributed by atoms with Crippen molar-refractivity contribution in [2.45, 2.75) is 46.0 Å². The Balaban J connectivity index is -0.000000180. The summed E-state index contributed by atoms with van der Waals surface area (Å²) in [4.78, 5) is 0. The van der Waals surface area contributed by atoms with E-state index in [2.05, 4.69) is 13.8 Å². The molecule has 0 aliphatic heterocycles. The van der Waals surface area contributed by atoms with Crippen LogP contribution in [0.4, 0.5) is 0 Å². The molecule has 0 amide bonds. The topological polar surface area (TPSA) is 35.0 Å². The first-order chi connectivity index (χ1) is 3.41. The number of hydrogen-bond donors (Lipinski definition) is 1. The van der Waals surface area contributed by atoms with Gasteiger partial charge in [0.05, 0.1) is 0 Å². The second kappa shape index (κ2) is 15.9. The molecule has 0 aliphatic rings. The fourth-order valence-corrected chi connectivity index (χ4v) is 0.677. The average molecular weight is 225 g/mol. The Morgan fingerprint density at radius 3 is 1.33 bits per heavy atom. The van der Waals surface area contributed by atoms with E-state index in [-0.39, 0.29) is 28.5 Å². The van der Waals surface area contributed by atoms with Gasteiger partial charge in [-0.3, -0.25) is 0 Å². The smallest absolute Gasteiger partial charge is 0 e. The van der Waals surface area contributed by atoms with Crippen molar-refractivity contribution in [3.05, 3.63) is 0 Å². The molecule has 1 radical (unpaired) electrons. The third-order valence-electron chi connectivity index (χ3n) is 1.21. The van der Waals surface area contributed by atoms with Crippen LogP contribution < -0.4 is 6.15 Å². The van der Waals surface area contributed by atoms with Gasteiger partial charge < -0.3 is 6.15 Å². The fraction of sp³-hybridized carbons (Fsp3) is 1.00. The molecule has 1 nitrogen and oxygen atoms in total. The van der Waals surface area contributed by atoms with Crippen LogP contribution >= 0.6 is 0 Å². The Bertz CT molecular complexity index is 28.1. The molecule has 9 heavy (non-hydrogen) atoms. The van der Waals surface area contributed by atoms with Gasteiger partial charge in [-0.15, -0.1) is 0 Å². The molecule has 0 bridgehead atoms. The van der Waals surface area contributed by atoms with Gasteiger partial charge in [0, 0.05) is 22.4 Å². The summed E-state index contributed by atoms with van der Waals surface area (Å²) >= 11 is 0. The van der Waals surface area contributed by atoms with Crippen molar-refractivity contribution in [3.63, 3.8) is 0 Å². The summed E-state index contributed by atoms with van der Waals surface area (Å²) in [7, 11) is 0. The quantitative estimate of drug-likeness (QED) is 0.578. The molecule has 0 rings (SSSR count). The van der Waals surface area contributed by atoms with E-state index >= 15 is 0 Å². The van der Waals surface area contributed by atoms with Crippen molar-refractivity contribution in [1.29, 1.82) is 0 Å². The van der Waals surface area contributed by atoms with Crippen LogP contribution in [0.25, 0.3) is 0 Å². The summed E-state index contributed by atoms with van der Waals surface area (Å²) < 4.78 is 0. The van der Waals surface area contributed by atoms with E-state index in [1.807, 2.05) is 0 Å². The second-order valence-electron chi connectivity index (χ2n) is 2.06. The standard InChI is InChI=1S/C7H16.Ag.H3N/c1-3-5-7-6-4-2;;/h3-7H2,1-2H3;;1H3. The molecular weight excluding hydrogens is 206 g/mol. The van der Waals surface area contributed by atoms with Gasteiger partial charge in [-0.2, -0.15) is 0 Å². The van der Waals surface area contributed by atoms with Gasteiger partial charge in [-0.1, -0.05) is 46.0 Å². The Hall–Kier alpha value is 0.700. The van der Waals surface area contributed by atoms with Crippen LogP contribution in [-0.4, -0.2) is 0 Å². The van der Waals surface area contributed by atoms with E-state index in [1.165, 1.54) is 32.1 Å². The van der Waals surface area contributed by atoms with Crippen LogP contribution in [-0.2, 0) is 22.4 Å². The van der Waals surface area contributed by atoms with Crippen molar-refractivity contribution in [2.24, 2.45) is 0 Å². The van der Waals surface area contributed by atoms with Crippen LogP contribution in [0.1, 0.15) is 46.0 Å². The van der Waals surface area contributed by atoms with Crippen molar-refractivity contribution in [1.82, 2.24) is 6.15 Å².